The first-order valence-corrected chi connectivity index (χ1v) is 15.2. The molecule has 0 atom stereocenters. The highest BCUT2D eigenvalue weighted by atomic mass is 32.3. The molecule has 2 aliphatic heterocycles. The molecule has 7 nitrogen and oxygen atoms in total. The smallest absolute Gasteiger partial charge is 0.0972 e. The molecule has 198 valence electrons. The largest absolute Gasteiger partial charge is 0.369 e. The first kappa shape index (κ1) is 25.3. The number of rotatable bonds is 5. The molecule has 0 unspecified atom stereocenters. The summed E-state index contributed by atoms with van der Waals surface area (Å²) >= 11 is 0. The molecule has 6 rings (SSSR count). The summed E-state index contributed by atoms with van der Waals surface area (Å²) in [6, 6.07) is 23.5. The first-order valence-electron chi connectivity index (χ1n) is 13.3. The normalized spacial score (nSPS) is 19.5. The Morgan fingerprint density at radius 2 is 1.47 bits per heavy atom. The van der Waals surface area contributed by atoms with E-state index in [9.17, 15) is 9.11 Å². The lowest BCUT2D eigenvalue weighted by atomic mass is 10.0. The lowest BCUT2D eigenvalue weighted by Crippen LogP contribution is -2.44. The van der Waals surface area contributed by atoms with E-state index in [1.54, 1.807) is 0 Å². The molecular formula is C30H35N5O2S. The maximum absolute atomic E-state index is 9.87. The number of piperazine rings is 1. The predicted molar refractivity (Wildman–Crippen MR) is 158 cm³/mol. The zero-order valence-electron chi connectivity index (χ0n) is 21.8. The monoisotopic (exact) mass is 529 g/mol. The van der Waals surface area contributed by atoms with Gasteiger partial charge in [0.1, 0.15) is 0 Å². The van der Waals surface area contributed by atoms with Crippen molar-refractivity contribution < 1.29 is 9.11 Å². The Morgan fingerprint density at radius 1 is 0.789 bits per heavy atom. The molecule has 1 aromatic heterocycles. The Labute approximate surface area is 226 Å². The van der Waals surface area contributed by atoms with Gasteiger partial charge in [-0.15, -0.1) is 0 Å². The van der Waals surface area contributed by atoms with Crippen LogP contribution in [0.5, 0.6) is 0 Å². The molecule has 0 saturated carbocycles. The molecule has 2 fully saturated rings. The SMILES string of the molecule is CN1CCN(c2ccc(-c3cnc4cccc(-c5ccc(CN6CCS(O)(O)CC6)cc5)c4n3)cc2)CC1. The van der Waals surface area contributed by atoms with Crippen LogP contribution in [-0.2, 0) is 6.54 Å². The van der Waals surface area contributed by atoms with E-state index in [1.165, 1.54) is 11.3 Å². The average molecular weight is 530 g/mol. The molecule has 8 heteroatoms. The molecule has 0 amide bonds. The number of fused-ring (bicyclic) bond motifs is 1. The first-order chi connectivity index (χ1) is 18.4. The number of likely N-dealkylation sites (N-methyl/N-ethyl adjacent to an activating group) is 1. The number of aromatic nitrogens is 2. The Kier molecular flexibility index (Phi) is 7.07. The van der Waals surface area contributed by atoms with Crippen molar-refractivity contribution >= 4 is 27.3 Å². The quantitative estimate of drug-likeness (QED) is 0.364. The number of hydrogen-bond donors (Lipinski definition) is 2. The fraction of sp³-hybridized carbons (Fsp3) is 0.333. The molecule has 2 aliphatic rings. The minimum Gasteiger partial charge on any atom is -0.369 e. The van der Waals surface area contributed by atoms with Crippen LogP contribution < -0.4 is 4.90 Å². The van der Waals surface area contributed by atoms with Crippen LogP contribution in [-0.4, -0.2) is 86.7 Å². The molecule has 4 aromatic rings. The minimum absolute atomic E-state index is 0.473. The van der Waals surface area contributed by atoms with Gasteiger partial charge in [0.05, 0.1) is 34.4 Å². The summed E-state index contributed by atoms with van der Waals surface area (Å²) in [5.41, 5.74) is 8.41. The van der Waals surface area contributed by atoms with Crippen LogP contribution in [0.2, 0.25) is 0 Å². The number of nitrogens with zero attached hydrogens (tertiary/aromatic N) is 5. The molecule has 3 heterocycles. The standard InChI is InChI=1S/C30H35N5O2S/c1-33-13-15-35(16-14-33)26-11-9-25(10-12-26)29-21-31-28-4-2-3-27(30(28)32-29)24-7-5-23(6-8-24)22-34-17-19-38(36,37)20-18-34/h2-12,21,36-37H,13-20,22H2,1H3. The molecule has 0 aliphatic carbocycles. The van der Waals surface area contributed by atoms with Gasteiger partial charge in [-0.3, -0.25) is 19.0 Å². The van der Waals surface area contributed by atoms with Crippen LogP contribution in [0, 0.1) is 0 Å². The van der Waals surface area contributed by atoms with Crippen LogP contribution in [0.25, 0.3) is 33.4 Å². The Bertz CT molecular complexity index is 1390. The predicted octanol–water partition coefficient (Wildman–Crippen LogP) is 5.28. The van der Waals surface area contributed by atoms with Gasteiger partial charge in [-0.05, 0) is 36.4 Å². The third-order valence-corrected chi connectivity index (χ3v) is 9.42. The third kappa shape index (κ3) is 5.55. The molecule has 0 radical (unpaired) electrons. The van der Waals surface area contributed by atoms with E-state index in [4.69, 9.17) is 9.97 Å². The Hall–Kier alpha value is -3.01. The van der Waals surface area contributed by atoms with Crippen LogP contribution in [0.1, 0.15) is 5.56 Å². The lowest BCUT2D eigenvalue weighted by molar-refractivity contribution is 0.278. The summed E-state index contributed by atoms with van der Waals surface area (Å²) in [5.74, 6) is 0.946. The Balaban J connectivity index is 1.21. The highest BCUT2D eigenvalue weighted by Crippen LogP contribution is 2.40. The zero-order chi connectivity index (χ0) is 26.1. The minimum atomic E-state index is -2.36. The second-order valence-corrected chi connectivity index (χ2v) is 12.9. The molecule has 0 spiro atoms. The topological polar surface area (TPSA) is 76.0 Å². The second kappa shape index (κ2) is 10.6. The van der Waals surface area contributed by atoms with Crippen LogP contribution in [0.15, 0.2) is 72.9 Å². The van der Waals surface area contributed by atoms with E-state index in [0.29, 0.717) is 11.5 Å². The van der Waals surface area contributed by atoms with Gasteiger partial charge < -0.3 is 9.80 Å². The molecule has 38 heavy (non-hydrogen) atoms. The number of para-hydroxylation sites is 1. The van der Waals surface area contributed by atoms with E-state index in [2.05, 4.69) is 76.3 Å². The van der Waals surface area contributed by atoms with E-state index < -0.39 is 10.6 Å². The van der Waals surface area contributed by atoms with Crippen molar-refractivity contribution in [3.8, 4) is 22.4 Å². The van der Waals surface area contributed by atoms with Gasteiger partial charge in [-0.25, -0.2) is 4.98 Å². The summed E-state index contributed by atoms with van der Waals surface area (Å²) in [6.45, 7) is 6.56. The lowest BCUT2D eigenvalue weighted by Gasteiger charge is -2.41. The zero-order valence-corrected chi connectivity index (χ0v) is 22.6. The third-order valence-electron chi connectivity index (χ3n) is 7.74. The summed E-state index contributed by atoms with van der Waals surface area (Å²) in [4.78, 5) is 16.9. The van der Waals surface area contributed by atoms with Crippen molar-refractivity contribution in [1.29, 1.82) is 0 Å². The van der Waals surface area contributed by atoms with Crippen LogP contribution >= 0.6 is 10.6 Å². The maximum atomic E-state index is 9.87. The van der Waals surface area contributed by atoms with Gasteiger partial charge in [0.25, 0.3) is 0 Å². The van der Waals surface area contributed by atoms with Gasteiger partial charge >= 0.3 is 0 Å². The molecule has 0 bridgehead atoms. The maximum Gasteiger partial charge on any atom is 0.0972 e. The summed E-state index contributed by atoms with van der Waals surface area (Å²) in [6.07, 6.45) is 1.87. The van der Waals surface area contributed by atoms with Crippen molar-refractivity contribution in [1.82, 2.24) is 19.8 Å². The van der Waals surface area contributed by atoms with E-state index in [1.807, 2.05) is 18.3 Å². The number of benzene rings is 3. The average Bonchev–Trinajstić information content (AvgIpc) is 2.95. The van der Waals surface area contributed by atoms with Crippen molar-refractivity contribution in [2.75, 3.05) is 62.7 Å². The summed E-state index contributed by atoms with van der Waals surface area (Å²) in [5, 5.41) is 0. The van der Waals surface area contributed by atoms with Gasteiger partial charge in [-0.2, -0.15) is 10.6 Å². The summed E-state index contributed by atoms with van der Waals surface area (Å²) in [7, 11) is -0.185. The van der Waals surface area contributed by atoms with Crippen LogP contribution in [0.4, 0.5) is 5.69 Å². The highest BCUT2D eigenvalue weighted by molar-refractivity contribution is 8.24. The highest BCUT2D eigenvalue weighted by Gasteiger charge is 2.22. The molecule has 2 N–H and O–H groups in total. The van der Waals surface area contributed by atoms with E-state index in [-0.39, 0.29) is 0 Å². The van der Waals surface area contributed by atoms with Gasteiger partial charge in [0.2, 0.25) is 0 Å². The van der Waals surface area contributed by atoms with Crippen molar-refractivity contribution in [3.05, 3.63) is 78.5 Å². The number of hydrogen-bond acceptors (Lipinski definition) is 7. The van der Waals surface area contributed by atoms with E-state index in [0.717, 1.165) is 79.2 Å². The van der Waals surface area contributed by atoms with Gasteiger partial charge in [-0.1, -0.05) is 48.5 Å². The number of anilines is 1. The van der Waals surface area contributed by atoms with Gasteiger partial charge in [0.15, 0.2) is 0 Å². The fourth-order valence-electron chi connectivity index (χ4n) is 5.28. The van der Waals surface area contributed by atoms with Gasteiger partial charge in [0, 0.05) is 62.6 Å². The summed E-state index contributed by atoms with van der Waals surface area (Å²) < 4.78 is 19.7. The second-order valence-electron chi connectivity index (χ2n) is 10.4. The molecule has 2 saturated heterocycles. The van der Waals surface area contributed by atoms with Crippen molar-refractivity contribution in [2.24, 2.45) is 0 Å². The van der Waals surface area contributed by atoms with Crippen LogP contribution in [0.3, 0.4) is 0 Å². The van der Waals surface area contributed by atoms with Crippen molar-refractivity contribution in [2.45, 2.75) is 6.54 Å². The molecule has 3 aromatic carbocycles. The fourth-order valence-corrected chi connectivity index (χ4v) is 6.59. The van der Waals surface area contributed by atoms with E-state index >= 15 is 0 Å². The molecular weight excluding hydrogens is 494 g/mol. The Morgan fingerprint density at radius 3 is 2.18 bits per heavy atom. The van der Waals surface area contributed by atoms with Crippen molar-refractivity contribution in [3.63, 3.8) is 0 Å².